The Morgan fingerprint density at radius 1 is 1.21 bits per heavy atom. The molecule has 2 aromatic rings. The summed E-state index contributed by atoms with van der Waals surface area (Å²) in [6.45, 7) is 4.00. The van der Waals surface area contributed by atoms with E-state index >= 15 is 0 Å². The van der Waals surface area contributed by atoms with Crippen LogP contribution in [0.1, 0.15) is 24.2 Å². The zero-order valence-corrected chi connectivity index (χ0v) is 13.6. The van der Waals surface area contributed by atoms with Gasteiger partial charge in [0.15, 0.2) is 6.29 Å². The van der Waals surface area contributed by atoms with Gasteiger partial charge in [-0.15, -0.1) is 11.3 Å². The van der Waals surface area contributed by atoms with Gasteiger partial charge in [-0.1, -0.05) is 41.9 Å². The van der Waals surface area contributed by atoms with Gasteiger partial charge in [-0.05, 0) is 17.7 Å². The second-order valence-corrected chi connectivity index (χ2v) is 4.88. The van der Waals surface area contributed by atoms with Crippen molar-refractivity contribution in [2.24, 2.45) is 0 Å². The third kappa shape index (κ3) is 4.78. The SMILES string of the molecule is CC.CO.Nc1scc(-c2ccc(Br)cc2)c1C=O. The van der Waals surface area contributed by atoms with Gasteiger partial charge in [-0.25, -0.2) is 0 Å². The molecule has 3 nitrogen and oxygen atoms in total. The lowest BCUT2D eigenvalue weighted by molar-refractivity contribution is 0.112. The van der Waals surface area contributed by atoms with E-state index in [1.807, 2.05) is 43.5 Å². The van der Waals surface area contributed by atoms with Crippen molar-refractivity contribution in [2.75, 3.05) is 12.8 Å². The quantitative estimate of drug-likeness (QED) is 0.803. The Hall–Kier alpha value is -1.17. The van der Waals surface area contributed by atoms with Crippen molar-refractivity contribution in [3.05, 3.63) is 39.7 Å². The maximum atomic E-state index is 10.9. The summed E-state index contributed by atoms with van der Waals surface area (Å²) in [6, 6.07) is 7.80. The zero-order chi connectivity index (χ0) is 14.8. The Morgan fingerprint density at radius 2 is 1.74 bits per heavy atom. The minimum Gasteiger partial charge on any atom is -0.400 e. The molecule has 0 saturated heterocycles. The summed E-state index contributed by atoms with van der Waals surface area (Å²) < 4.78 is 1.02. The number of aliphatic hydroxyl groups is 1. The molecule has 0 aliphatic rings. The highest BCUT2D eigenvalue weighted by atomic mass is 79.9. The third-order valence-electron chi connectivity index (χ3n) is 2.13. The second-order valence-electron chi connectivity index (χ2n) is 3.05. The fourth-order valence-electron chi connectivity index (χ4n) is 1.36. The summed E-state index contributed by atoms with van der Waals surface area (Å²) >= 11 is 4.76. The molecule has 0 fully saturated rings. The number of anilines is 1. The van der Waals surface area contributed by atoms with Crippen molar-refractivity contribution in [1.29, 1.82) is 0 Å². The van der Waals surface area contributed by atoms with E-state index < -0.39 is 0 Å². The third-order valence-corrected chi connectivity index (χ3v) is 3.49. The van der Waals surface area contributed by atoms with Gasteiger partial charge in [0.2, 0.25) is 0 Å². The van der Waals surface area contributed by atoms with E-state index in [-0.39, 0.29) is 0 Å². The molecule has 1 aromatic heterocycles. The molecule has 0 saturated carbocycles. The van der Waals surface area contributed by atoms with Crippen LogP contribution in [-0.4, -0.2) is 18.5 Å². The van der Waals surface area contributed by atoms with E-state index in [1.165, 1.54) is 11.3 Å². The molecule has 3 N–H and O–H groups in total. The Kier molecular flexibility index (Phi) is 9.12. The highest BCUT2D eigenvalue weighted by molar-refractivity contribution is 9.10. The molecular formula is C14H18BrNO2S. The van der Waals surface area contributed by atoms with Gasteiger partial charge >= 0.3 is 0 Å². The van der Waals surface area contributed by atoms with E-state index in [2.05, 4.69) is 15.9 Å². The van der Waals surface area contributed by atoms with Crippen LogP contribution in [0.25, 0.3) is 11.1 Å². The summed E-state index contributed by atoms with van der Waals surface area (Å²) in [7, 11) is 1.00. The van der Waals surface area contributed by atoms with Crippen molar-refractivity contribution in [2.45, 2.75) is 13.8 Å². The molecule has 0 aliphatic heterocycles. The molecular weight excluding hydrogens is 326 g/mol. The lowest BCUT2D eigenvalue weighted by Crippen LogP contribution is -1.88. The first-order valence-electron chi connectivity index (χ1n) is 5.75. The Labute approximate surface area is 126 Å². The largest absolute Gasteiger partial charge is 0.400 e. The number of aliphatic hydroxyl groups excluding tert-OH is 1. The van der Waals surface area contributed by atoms with Crippen LogP contribution < -0.4 is 5.73 Å². The lowest BCUT2D eigenvalue weighted by Gasteiger charge is -1.99. The molecule has 5 heteroatoms. The molecule has 0 radical (unpaired) electrons. The fraction of sp³-hybridized carbons (Fsp3) is 0.214. The standard InChI is InChI=1S/C11H8BrNOS.C2H6.CH4O/c12-8-3-1-7(2-4-8)10-6-15-11(13)9(10)5-14;2*1-2/h1-6H,13H2;1-2H3;2H,1H3. The van der Waals surface area contributed by atoms with Crippen LogP contribution in [0.15, 0.2) is 34.1 Å². The molecule has 0 atom stereocenters. The van der Waals surface area contributed by atoms with E-state index in [9.17, 15) is 4.79 Å². The van der Waals surface area contributed by atoms with Gasteiger partial charge in [-0.3, -0.25) is 4.79 Å². The maximum Gasteiger partial charge on any atom is 0.153 e. The van der Waals surface area contributed by atoms with Gasteiger partial charge in [0.1, 0.15) is 0 Å². The molecule has 0 unspecified atom stereocenters. The number of hydrogen-bond donors (Lipinski definition) is 2. The first-order valence-corrected chi connectivity index (χ1v) is 7.42. The maximum absolute atomic E-state index is 10.9. The highest BCUT2D eigenvalue weighted by Gasteiger charge is 2.09. The molecule has 1 heterocycles. The number of nitrogen functional groups attached to an aromatic ring is 1. The topological polar surface area (TPSA) is 63.3 Å². The van der Waals surface area contributed by atoms with Gasteiger partial charge in [0.25, 0.3) is 0 Å². The number of hydrogen-bond acceptors (Lipinski definition) is 4. The minimum absolute atomic E-state index is 0.572. The molecule has 0 aliphatic carbocycles. The monoisotopic (exact) mass is 343 g/mol. The first-order chi connectivity index (χ1) is 9.22. The number of carbonyl (C=O) groups is 1. The van der Waals surface area contributed by atoms with E-state index in [1.54, 1.807) is 0 Å². The summed E-state index contributed by atoms with van der Waals surface area (Å²) in [5.74, 6) is 0. The molecule has 0 spiro atoms. The van der Waals surface area contributed by atoms with Gasteiger partial charge in [0, 0.05) is 22.5 Å². The predicted octanol–water partition coefficient (Wildman–Crippen LogP) is 4.21. The van der Waals surface area contributed by atoms with Crippen LogP contribution in [0, 0.1) is 0 Å². The number of aldehydes is 1. The normalized spacial score (nSPS) is 8.68. The summed E-state index contributed by atoms with van der Waals surface area (Å²) in [5.41, 5.74) is 8.19. The summed E-state index contributed by atoms with van der Waals surface area (Å²) in [4.78, 5) is 10.9. The fourth-order valence-corrected chi connectivity index (χ4v) is 2.41. The van der Waals surface area contributed by atoms with Crippen molar-refractivity contribution < 1.29 is 9.90 Å². The van der Waals surface area contributed by atoms with Crippen molar-refractivity contribution in [3.63, 3.8) is 0 Å². The van der Waals surface area contributed by atoms with Crippen molar-refractivity contribution in [1.82, 2.24) is 0 Å². The smallest absolute Gasteiger partial charge is 0.153 e. The molecule has 0 amide bonds. The Bertz CT molecular complexity index is 495. The summed E-state index contributed by atoms with van der Waals surface area (Å²) in [5, 5.41) is 9.48. The van der Waals surface area contributed by atoms with Gasteiger partial charge in [0.05, 0.1) is 10.6 Å². The second kappa shape index (κ2) is 9.72. The number of rotatable bonds is 2. The van der Waals surface area contributed by atoms with Crippen LogP contribution in [0.5, 0.6) is 0 Å². The van der Waals surface area contributed by atoms with Crippen LogP contribution in [0.3, 0.4) is 0 Å². The Morgan fingerprint density at radius 3 is 2.21 bits per heavy atom. The highest BCUT2D eigenvalue weighted by Crippen LogP contribution is 2.32. The molecule has 19 heavy (non-hydrogen) atoms. The molecule has 0 bridgehead atoms. The van der Waals surface area contributed by atoms with Crippen LogP contribution in [0.2, 0.25) is 0 Å². The lowest BCUT2D eigenvalue weighted by atomic mass is 10.1. The molecule has 104 valence electrons. The number of thiophene rings is 1. The van der Waals surface area contributed by atoms with E-state index in [4.69, 9.17) is 10.8 Å². The van der Waals surface area contributed by atoms with E-state index in [0.29, 0.717) is 10.6 Å². The van der Waals surface area contributed by atoms with E-state index in [0.717, 1.165) is 29.0 Å². The Balaban J connectivity index is 0.000000741. The number of carbonyl (C=O) groups excluding carboxylic acids is 1. The average Bonchev–Trinajstić information content (AvgIpc) is 2.85. The number of halogens is 1. The number of benzene rings is 1. The van der Waals surface area contributed by atoms with Gasteiger partial charge in [-0.2, -0.15) is 0 Å². The van der Waals surface area contributed by atoms with Crippen LogP contribution in [-0.2, 0) is 0 Å². The predicted molar refractivity (Wildman–Crippen MR) is 86.7 cm³/mol. The van der Waals surface area contributed by atoms with Gasteiger partial charge < -0.3 is 10.8 Å². The summed E-state index contributed by atoms with van der Waals surface area (Å²) in [6.07, 6.45) is 0.809. The first kappa shape index (κ1) is 17.8. The number of nitrogens with two attached hydrogens (primary N) is 1. The van der Waals surface area contributed by atoms with Crippen LogP contribution in [0.4, 0.5) is 5.00 Å². The van der Waals surface area contributed by atoms with Crippen molar-refractivity contribution >= 4 is 38.6 Å². The van der Waals surface area contributed by atoms with Crippen molar-refractivity contribution in [3.8, 4) is 11.1 Å². The molecule has 2 rings (SSSR count). The molecule has 1 aromatic carbocycles. The average molecular weight is 344 g/mol. The van der Waals surface area contributed by atoms with Crippen LogP contribution >= 0.6 is 27.3 Å². The zero-order valence-electron chi connectivity index (χ0n) is 11.2. The minimum atomic E-state index is 0.572.